The zero-order valence-corrected chi connectivity index (χ0v) is 20.9. The molecule has 4 rings (SSSR count). The molecule has 1 aromatic heterocycles. The number of amides is 1. The summed E-state index contributed by atoms with van der Waals surface area (Å²) in [6.45, 7) is 8.54. The first-order chi connectivity index (χ1) is 16.2. The van der Waals surface area contributed by atoms with Gasteiger partial charge in [-0.1, -0.05) is 36.7 Å². The summed E-state index contributed by atoms with van der Waals surface area (Å²) in [5, 5.41) is 16.9. The van der Waals surface area contributed by atoms with Crippen molar-refractivity contribution < 1.29 is 19.2 Å². The van der Waals surface area contributed by atoms with Crippen molar-refractivity contribution in [1.82, 2.24) is 5.16 Å². The van der Waals surface area contributed by atoms with E-state index in [-0.39, 0.29) is 24.7 Å². The van der Waals surface area contributed by atoms with Gasteiger partial charge in [-0.05, 0) is 81.8 Å². The van der Waals surface area contributed by atoms with Crippen molar-refractivity contribution >= 4 is 17.6 Å². The van der Waals surface area contributed by atoms with Crippen molar-refractivity contribution in [2.45, 2.75) is 96.8 Å². The number of carboxylic acid groups (broad SMARTS) is 1. The molecule has 1 amide bonds. The molecule has 2 N–H and O–H groups in total. The fourth-order valence-corrected chi connectivity index (χ4v) is 5.51. The third kappa shape index (κ3) is 5.89. The van der Waals surface area contributed by atoms with Gasteiger partial charge in [0.2, 0.25) is 5.91 Å². The summed E-state index contributed by atoms with van der Waals surface area (Å²) in [4.78, 5) is 24.4. The van der Waals surface area contributed by atoms with Crippen LogP contribution in [0.5, 0.6) is 0 Å². The molecule has 6 nitrogen and oxygen atoms in total. The second-order valence-corrected chi connectivity index (χ2v) is 11.0. The Morgan fingerprint density at radius 2 is 1.91 bits per heavy atom. The van der Waals surface area contributed by atoms with Crippen molar-refractivity contribution in [3.63, 3.8) is 0 Å². The Labute approximate surface area is 202 Å². The molecule has 1 heterocycles. The van der Waals surface area contributed by atoms with Crippen LogP contribution >= 0.6 is 0 Å². The van der Waals surface area contributed by atoms with E-state index in [1.54, 1.807) is 0 Å². The Balaban J connectivity index is 1.52. The monoisotopic (exact) mass is 466 g/mol. The molecule has 2 aromatic rings. The number of anilines is 1. The Morgan fingerprint density at radius 3 is 2.53 bits per heavy atom. The van der Waals surface area contributed by atoms with Gasteiger partial charge in [0, 0.05) is 35.9 Å². The summed E-state index contributed by atoms with van der Waals surface area (Å²) in [6.07, 6.45) is 6.34. The van der Waals surface area contributed by atoms with Crippen LogP contribution in [0.4, 0.5) is 5.69 Å². The highest BCUT2D eigenvalue weighted by molar-refractivity contribution is 5.92. The number of carbonyl (C=O) groups is 2. The van der Waals surface area contributed by atoms with Crippen molar-refractivity contribution in [1.29, 1.82) is 0 Å². The minimum absolute atomic E-state index is 0.00153. The van der Waals surface area contributed by atoms with E-state index >= 15 is 0 Å². The highest BCUT2D eigenvalue weighted by Gasteiger charge is 2.41. The topological polar surface area (TPSA) is 92.4 Å². The lowest BCUT2D eigenvalue weighted by Crippen LogP contribution is -2.24. The van der Waals surface area contributed by atoms with Crippen LogP contribution in [0.2, 0.25) is 0 Å². The fraction of sp³-hybridized carbons (Fsp3) is 0.607. The predicted octanol–water partition coefficient (Wildman–Crippen LogP) is 6.69. The van der Waals surface area contributed by atoms with Crippen LogP contribution in [0.3, 0.4) is 0 Å². The normalized spacial score (nSPS) is 20.7. The molecule has 1 atom stereocenters. The van der Waals surface area contributed by atoms with E-state index in [2.05, 4.69) is 24.3 Å². The second-order valence-electron chi connectivity index (χ2n) is 11.0. The average Bonchev–Trinajstić information content (AvgIpc) is 3.48. The Bertz CT molecular complexity index is 1030. The maximum Gasteiger partial charge on any atom is 0.303 e. The number of hydrogen-bond acceptors (Lipinski definition) is 4. The van der Waals surface area contributed by atoms with Gasteiger partial charge in [0.25, 0.3) is 0 Å². The van der Waals surface area contributed by atoms with Crippen molar-refractivity contribution in [2.75, 3.05) is 5.32 Å². The van der Waals surface area contributed by atoms with Crippen molar-refractivity contribution in [2.24, 2.45) is 11.8 Å². The predicted molar refractivity (Wildman–Crippen MR) is 132 cm³/mol. The largest absolute Gasteiger partial charge is 0.481 e. The molecule has 184 valence electrons. The number of aryl methyl sites for hydroxylation is 2. The molecule has 6 heteroatoms. The van der Waals surface area contributed by atoms with E-state index in [0.29, 0.717) is 24.2 Å². The second kappa shape index (κ2) is 10.3. The third-order valence-corrected chi connectivity index (χ3v) is 7.36. The molecule has 0 radical (unpaired) electrons. The van der Waals surface area contributed by atoms with Gasteiger partial charge in [-0.25, -0.2) is 0 Å². The molecule has 0 aliphatic heterocycles. The van der Waals surface area contributed by atoms with Crippen LogP contribution in [-0.4, -0.2) is 22.1 Å². The molecule has 0 spiro atoms. The molecular weight excluding hydrogens is 428 g/mol. The standard InChI is InChI=1S/C28H38N2O4/c1-16(2)11-19-13-22(14-19)27-26(20-6-7-20)28(34-30-27)21(8-10-25(32)33)15-24(31)29-23-9-5-17(3)12-18(23)4/h5,9,12,16,19-22H,6-8,10-11,13-15H2,1-4H3,(H,29,31)(H,32,33)/t19?,21-,22?/m0/s1. The number of carboxylic acids is 1. The summed E-state index contributed by atoms with van der Waals surface area (Å²) in [5.74, 6) is 1.82. The lowest BCUT2D eigenvalue weighted by molar-refractivity contribution is -0.137. The van der Waals surface area contributed by atoms with Gasteiger partial charge in [0.1, 0.15) is 5.76 Å². The van der Waals surface area contributed by atoms with Crippen LogP contribution in [-0.2, 0) is 9.59 Å². The van der Waals surface area contributed by atoms with Gasteiger partial charge in [0.05, 0.1) is 5.69 Å². The zero-order chi connectivity index (χ0) is 24.4. The quantitative estimate of drug-likeness (QED) is 0.385. The van der Waals surface area contributed by atoms with Gasteiger partial charge >= 0.3 is 5.97 Å². The molecule has 0 saturated heterocycles. The van der Waals surface area contributed by atoms with Gasteiger partial charge in [0.15, 0.2) is 0 Å². The lowest BCUT2D eigenvalue weighted by atomic mass is 9.69. The van der Waals surface area contributed by atoms with Crippen LogP contribution < -0.4 is 5.32 Å². The summed E-state index contributed by atoms with van der Waals surface area (Å²) in [6, 6.07) is 5.93. The Morgan fingerprint density at radius 1 is 1.18 bits per heavy atom. The number of aliphatic carboxylic acids is 1. The molecule has 0 unspecified atom stereocenters. The van der Waals surface area contributed by atoms with Crippen LogP contribution in [0, 0.1) is 25.7 Å². The van der Waals surface area contributed by atoms with E-state index in [4.69, 9.17) is 4.52 Å². The van der Waals surface area contributed by atoms with E-state index in [1.807, 2.05) is 32.0 Å². The first-order valence-electron chi connectivity index (χ1n) is 12.8. The fourth-order valence-electron chi connectivity index (χ4n) is 5.51. The maximum atomic E-state index is 13.0. The molecule has 2 saturated carbocycles. The maximum absolute atomic E-state index is 13.0. The van der Waals surface area contributed by atoms with E-state index in [9.17, 15) is 14.7 Å². The first kappa shape index (κ1) is 24.5. The molecule has 2 fully saturated rings. The summed E-state index contributed by atoms with van der Waals surface area (Å²) in [7, 11) is 0. The molecule has 0 bridgehead atoms. The highest BCUT2D eigenvalue weighted by Crippen LogP contribution is 2.52. The molecular formula is C28H38N2O4. The number of benzene rings is 1. The van der Waals surface area contributed by atoms with Crippen LogP contribution in [0.15, 0.2) is 22.7 Å². The first-order valence-corrected chi connectivity index (χ1v) is 12.8. The van der Waals surface area contributed by atoms with E-state index in [1.165, 1.54) is 12.0 Å². The summed E-state index contributed by atoms with van der Waals surface area (Å²) >= 11 is 0. The average molecular weight is 467 g/mol. The van der Waals surface area contributed by atoms with Gasteiger partial charge in [-0.3, -0.25) is 9.59 Å². The van der Waals surface area contributed by atoms with Crippen molar-refractivity contribution in [3.05, 3.63) is 46.3 Å². The molecule has 2 aliphatic rings. The van der Waals surface area contributed by atoms with E-state index < -0.39 is 5.97 Å². The highest BCUT2D eigenvalue weighted by atomic mass is 16.5. The van der Waals surface area contributed by atoms with Gasteiger partial charge in [-0.15, -0.1) is 0 Å². The Hall–Kier alpha value is -2.63. The van der Waals surface area contributed by atoms with Gasteiger partial charge in [-0.2, -0.15) is 0 Å². The van der Waals surface area contributed by atoms with Crippen LogP contribution in [0.1, 0.15) is 111 Å². The third-order valence-electron chi connectivity index (χ3n) is 7.36. The smallest absolute Gasteiger partial charge is 0.303 e. The number of nitrogens with one attached hydrogen (secondary N) is 1. The number of hydrogen-bond donors (Lipinski definition) is 2. The van der Waals surface area contributed by atoms with Gasteiger partial charge < -0.3 is 14.9 Å². The minimum Gasteiger partial charge on any atom is -0.481 e. The van der Waals surface area contributed by atoms with Crippen molar-refractivity contribution in [3.8, 4) is 0 Å². The molecule has 1 aromatic carbocycles. The number of rotatable bonds is 11. The van der Waals surface area contributed by atoms with Crippen LogP contribution in [0.25, 0.3) is 0 Å². The lowest BCUT2D eigenvalue weighted by Gasteiger charge is -2.35. The summed E-state index contributed by atoms with van der Waals surface area (Å²) in [5.41, 5.74) is 5.20. The number of aromatic nitrogens is 1. The zero-order valence-electron chi connectivity index (χ0n) is 20.9. The molecule has 2 aliphatic carbocycles. The molecule has 34 heavy (non-hydrogen) atoms. The van der Waals surface area contributed by atoms with E-state index in [0.717, 1.165) is 59.9 Å². The minimum atomic E-state index is -0.858. The SMILES string of the molecule is Cc1ccc(NC(=O)C[C@H](CCC(=O)O)c2onc(C3CC(CC(C)C)C3)c2C2CC2)c(C)c1. The summed E-state index contributed by atoms with van der Waals surface area (Å²) < 4.78 is 5.93. The Kier molecular flexibility index (Phi) is 7.44. The number of carbonyl (C=O) groups excluding carboxylic acids is 1. The number of nitrogens with zero attached hydrogens (tertiary/aromatic N) is 1.